The number of hydrogen-bond acceptors (Lipinski definition) is 14. The van der Waals surface area contributed by atoms with Gasteiger partial charge in [-0.2, -0.15) is 0 Å². The van der Waals surface area contributed by atoms with Crippen molar-refractivity contribution in [2.75, 3.05) is 91.6 Å². The van der Waals surface area contributed by atoms with Gasteiger partial charge in [0.15, 0.2) is 0 Å². The highest BCUT2D eigenvalue weighted by Crippen LogP contribution is 2.17. The van der Waals surface area contributed by atoms with Gasteiger partial charge in [-0.15, -0.1) is 0 Å². The predicted molar refractivity (Wildman–Crippen MR) is 268 cm³/mol. The van der Waals surface area contributed by atoms with E-state index in [1.165, 1.54) is 0 Å². The summed E-state index contributed by atoms with van der Waals surface area (Å²) in [6.07, 6.45) is 0.770. The number of unbranched alkanes of at least 4 members (excludes halogenated alkanes) is 2. The molecular formula is C48H68BrN9O16. The molecular weight excluding hydrogens is 1040 g/mol. The van der Waals surface area contributed by atoms with Crippen molar-refractivity contribution in [1.82, 2.24) is 45.8 Å². The topological polar surface area (TPSA) is 356 Å². The lowest BCUT2D eigenvalue weighted by Crippen LogP contribution is -2.51. The Kier molecular flexibility index (Phi) is 27.6. The van der Waals surface area contributed by atoms with Crippen LogP contribution < -0.4 is 21.3 Å². The van der Waals surface area contributed by atoms with Crippen molar-refractivity contribution in [3.63, 3.8) is 0 Å². The molecule has 0 saturated carbocycles. The van der Waals surface area contributed by atoms with E-state index in [1.54, 1.807) is 43.9 Å². The Labute approximate surface area is 436 Å². The summed E-state index contributed by atoms with van der Waals surface area (Å²) in [5.74, 6) is -8.08. The van der Waals surface area contributed by atoms with Gasteiger partial charge < -0.3 is 56.8 Å². The minimum atomic E-state index is -1.54. The van der Waals surface area contributed by atoms with Crippen molar-refractivity contribution in [3.05, 3.63) is 69.7 Å². The molecule has 1 heterocycles. The highest BCUT2D eigenvalue weighted by Gasteiger charge is 2.26. The lowest BCUT2D eigenvalue weighted by atomic mass is 10.1. The molecule has 0 bridgehead atoms. The van der Waals surface area contributed by atoms with E-state index in [1.807, 2.05) is 29.2 Å². The van der Waals surface area contributed by atoms with Gasteiger partial charge in [-0.05, 0) is 73.9 Å². The molecule has 25 nitrogen and oxygen atoms in total. The molecule has 26 heteroatoms. The largest absolute Gasteiger partial charge is 0.481 e. The highest BCUT2D eigenvalue weighted by molar-refractivity contribution is 9.10. The van der Waals surface area contributed by atoms with E-state index < -0.39 is 66.8 Å². The molecule has 1 aliphatic heterocycles. The van der Waals surface area contributed by atoms with Crippen molar-refractivity contribution in [1.29, 1.82) is 0 Å². The fourth-order valence-electron chi connectivity index (χ4n) is 7.77. The maximum Gasteiger partial charge on any atom is 0.326 e. The first-order chi connectivity index (χ1) is 35.2. The van der Waals surface area contributed by atoms with Crippen LogP contribution in [0.1, 0.15) is 72.9 Å². The Morgan fingerprint density at radius 1 is 0.514 bits per heavy atom. The number of nitrogens with zero attached hydrogens (tertiary/aromatic N) is 5. The number of benzene rings is 2. The van der Waals surface area contributed by atoms with E-state index in [9.17, 15) is 73.5 Å². The van der Waals surface area contributed by atoms with Crippen LogP contribution in [0.15, 0.2) is 53.0 Å². The van der Waals surface area contributed by atoms with Crippen LogP contribution in [0.25, 0.3) is 0 Å². The summed E-state index contributed by atoms with van der Waals surface area (Å²) in [7, 11) is 0. The minimum absolute atomic E-state index is 0.0295. The molecule has 2 atom stereocenters. The molecule has 0 radical (unpaired) electrons. The molecule has 408 valence electrons. The summed E-state index contributed by atoms with van der Waals surface area (Å²) in [5, 5.41) is 66.2. The third-order valence-electron chi connectivity index (χ3n) is 11.8. The van der Waals surface area contributed by atoms with E-state index in [0.29, 0.717) is 37.9 Å². The minimum Gasteiger partial charge on any atom is -0.481 e. The Balaban J connectivity index is 1.48. The number of carbonyl (C=O) groups is 10. The molecule has 5 amide bonds. The number of aliphatic carboxylic acids is 6. The molecule has 0 aromatic heterocycles. The first kappa shape index (κ1) is 61.6. The number of rotatable bonds is 30. The van der Waals surface area contributed by atoms with Gasteiger partial charge in [-0.25, -0.2) is 14.4 Å². The second-order valence-electron chi connectivity index (χ2n) is 17.7. The van der Waals surface area contributed by atoms with Crippen molar-refractivity contribution >= 4 is 75.5 Å². The molecule has 1 fully saturated rings. The van der Waals surface area contributed by atoms with Crippen molar-refractivity contribution < 1.29 is 78.6 Å². The lowest BCUT2D eigenvalue weighted by molar-refractivity contribution is -0.141. The summed E-state index contributed by atoms with van der Waals surface area (Å²) in [4.78, 5) is 129. The first-order valence-electron chi connectivity index (χ1n) is 24.1. The number of carboxylic acids is 6. The summed E-state index contributed by atoms with van der Waals surface area (Å²) < 4.78 is 0.842. The fourth-order valence-corrected chi connectivity index (χ4v) is 8.04. The van der Waals surface area contributed by atoms with Gasteiger partial charge >= 0.3 is 41.8 Å². The molecule has 0 aliphatic carbocycles. The van der Waals surface area contributed by atoms with Gasteiger partial charge in [0.25, 0.3) is 5.91 Å². The Morgan fingerprint density at radius 2 is 0.986 bits per heavy atom. The average molecular weight is 1110 g/mol. The van der Waals surface area contributed by atoms with Crippen LogP contribution in [0.5, 0.6) is 0 Å². The maximum absolute atomic E-state index is 13.9. The Hall–Kier alpha value is -6.74. The van der Waals surface area contributed by atoms with Gasteiger partial charge in [-0.1, -0.05) is 40.2 Å². The summed E-state index contributed by atoms with van der Waals surface area (Å²) in [6, 6.07) is 10.1. The molecule has 74 heavy (non-hydrogen) atoms. The fraction of sp³-hybridized carbons (Fsp3) is 0.542. The summed E-state index contributed by atoms with van der Waals surface area (Å²) in [6.45, 7) is 2.24. The van der Waals surface area contributed by atoms with Gasteiger partial charge in [-0.3, -0.25) is 53.2 Å². The second kappa shape index (κ2) is 33.2. The normalized spacial score (nSPS) is 15.0. The van der Waals surface area contributed by atoms with Gasteiger partial charge in [0, 0.05) is 101 Å². The maximum atomic E-state index is 13.9. The smallest absolute Gasteiger partial charge is 0.326 e. The SMILES string of the molecule is O=C(O)CC[C@H](NC(=O)N[C@@H](CCCCN(Cc1ccc(Br)cc1)C(=O)c1ccc(CNC(=O)CCCCNC(=O)CN2CCN(CC(=O)O)CCN(CC(=O)O)CCN(CC(=O)O)CC2)cc1)C(=O)O)C(=O)O. The zero-order chi connectivity index (χ0) is 54.6. The molecule has 10 N–H and O–H groups in total. The van der Waals surface area contributed by atoms with Gasteiger partial charge in [0.1, 0.15) is 12.1 Å². The number of nitrogens with one attached hydrogen (secondary N) is 4. The number of carbonyl (C=O) groups excluding carboxylic acids is 4. The van der Waals surface area contributed by atoms with Crippen LogP contribution in [-0.2, 0) is 51.4 Å². The first-order valence-corrected chi connectivity index (χ1v) is 24.9. The van der Waals surface area contributed by atoms with Crippen LogP contribution >= 0.6 is 15.9 Å². The predicted octanol–water partition coefficient (Wildman–Crippen LogP) is 0.710. The van der Waals surface area contributed by atoms with Crippen LogP contribution in [0.2, 0.25) is 0 Å². The van der Waals surface area contributed by atoms with Crippen LogP contribution in [0.4, 0.5) is 4.79 Å². The van der Waals surface area contributed by atoms with Crippen molar-refractivity contribution in [3.8, 4) is 0 Å². The number of urea groups is 1. The number of amides is 5. The molecule has 1 saturated heterocycles. The van der Waals surface area contributed by atoms with E-state index in [0.717, 1.165) is 15.6 Å². The van der Waals surface area contributed by atoms with Crippen LogP contribution in [0, 0.1) is 0 Å². The summed E-state index contributed by atoms with van der Waals surface area (Å²) in [5.41, 5.74) is 1.93. The lowest BCUT2D eigenvalue weighted by Gasteiger charge is -2.32. The number of halogens is 1. The number of carboxylic acid groups (broad SMARTS) is 6. The monoisotopic (exact) mass is 1110 g/mol. The zero-order valence-electron chi connectivity index (χ0n) is 41.1. The van der Waals surface area contributed by atoms with Crippen LogP contribution in [-0.4, -0.2) is 218 Å². The third-order valence-corrected chi connectivity index (χ3v) is 12.3. The van der Waals surface area contributed by atoms with Crippen molar-refractivity contribution in [2.24, 2.45) is 0 Å². The van der Waals surface area contributed by atoms with E-state index >= 15 is 0 Å². The summed E-state index contributed by atoms with van der Waals surface area (Å²) >= 11 is 3.40. The van der Waals surface area contributed by atoms with E-state index in [-0.39, 0.29) is 129 Å². The highest BCUT2D eigenvalue weighted by atomic mass is 79.9. The third kappa shape index (κ3) is 25.8. The zero-order valence-corrected chi connectivity index (χ0v) is 42.7. The van der Waals surface area contributed by atoms with Crippen LogP contribution in [0.3, 0.4) is 0 Å². The molecule has 0 spiro atoms. The van der Waals surface area contributed by atoms with Crippen molar-refractivity contribution in [2.45, 2.75) is 76.5 Å². The Bertz CT molecular complexity index is 2170. The standard InChI is InChI=1S/C48H68BrN9O16/c49-36-13-9-34(10-14-36)28-58(18-4-2-5-37(46(70)71)52-48(74)53-38(47(72)73)15-16-41(61)62)45(69)35-11-7-33(8-12-35)27-51-39(59)6-1-3-17-50-40(60)29-54-19-21-55(30-42(63)64)23-25-57(32-44(67)68)26-24-56(22-20-54)31-43(65)66/h7-14,37-38H,1-6,15-32H2,(H,50,60)(H,51,59)(H,61,62)(H,63,64)(H,65,66)(H,67,68)(H,70,71)(H,72,73)(H2,52,53,74)/t37-,38-/m0/s1. The molecule has 1 aliphatic rings. The van der Waals surface area contributed by atoms with E-state index in [4.69, 9.17) is 5.11 Å². The van der Waals surface area contributed by atoms with Gasteiger partial charge in [0.05, 0.1) is 26.2 Å². The van der Waals surface area contributed by atoms with Gasteiger partial charge in [0.2, 0.25) is 11.8 Å². The quantitative estimate of drug-likeness (QED) is 0.0482. The Morgan fingerprint density at radius 3 is 1.46 bits per heavy atom. The second-order valence-corrected chi connectivity index (χ2v) is 18.7. The molecule has 2 aromatic rings. The van der Waals surface area contributed by atoms with E-state index in [2.05, 4.69) is 37.2 Å². The number of hydrogen-bond donors (Lipinski definition) is 10. The molecule has 2 aromatic carbocycles. The molecule has 0 unspecified atom stereocenters. The molecule has 3 rings (SSSR count). The average Bonchev–Trinajstić information content (AvgIpc) is 3.33.